The van der Waals surface area contributed by atoms with Gasteiger partial charge in [0, 0.05) is 31.6 Å². The Morgan fingerprint density at radius 3 is 2.95 bits per heavy atom. The Kier molecular flexibility index (Phi) is 7.47. The van der Waals surface area contributed by atoms with Crippen LogP contribution in [-0.2, 0) is 6.54 Å². The zero-order valence-electron chi connectivity index (χ0n) is 12.3. The van der Waals surface area contributed by atoms with Crippen LogP contribution in [0, 0.1) is 0 Å². The molecule has 5 heteroatoms. The van der Waals surface area contributed by atoms with Gasteiger partial charge in [-0.2, -0.15) is 16.9 Å². The molecular weight excluding hydrogens is 270 g/mol. The molecule has 0 bridgehead atoms. The highest BCUT2D eigenvalue weighted by molar-refractivity contribution is 7.99. The molecule has 0 unspecified atom stereocenters. The maximum absolute atomic E-state index is 8.69. The van der Waals surface area contributed by atoms with Crippen LogP contribution in [0.1, 0.15) is 50.3 Å². The van der Waals surface area contributed by atoms with Gasteiger partial charge < -0.3 is 10.4 Å². The van der Waals surface area contributed by atoms with Crippen LogP contribution in [0.3, 0.4) is 0 Å². The Hall–Kier alpha value is -0.520. The molecular formula is C15H27N3OS. The Morgan fingerprint density at radius 1 is 1.30 bits per heavy atom. The summed E-state index contributed by atoms with van der Waals surface area (Å²) in [5.41, 5.74) is 1.15. The van der Waals surface area contributed by atoms with Crippen LogP contribution in [0.4, 0.5) is 0 Å². The number of aromatic nitrogens is 2. The second kappa shape index (κ2) is 9.42. The summed E-state index contributed by atoms with van der Waals surface area (Å²) in [4.78, 5) is 0. The molecule has 0 radical (unpaired) electrons. The van der Waals surface area contributed by atoms with Crippen LogP contribution in [0.2, 0.25) is 0 Å². The number of aliphatic hydroxyl groups is 1. The molecule has 1 aliphatic carbocycles. The van der Waals surface area contributed by atoms with Gasteiger partial charge in [0.25, 0.3) is 0 Å². The molecule has 1 aromatic rings. The first kappa shape index (κ1) is 15.9. The van der Waals surface area contributed by atoms with E-state index in [4.69, 9.17) is 10.2 Å². The maximum Gasteiger partial charge on any atom is 0.0762 e. The summed E-state index contributed by atoms with van der Waals surface area (Å²) in [6, 6.07) is 2.77. The summed E-state index contributed by atoms with van der Waals surface area (Å²) in [5.74, 6) is 2.15. The highest BCUT2D eigenvalue weighted by atomic mass is 32.2. The van der Waals surface area contributed by atoms with Gasteiger partial charge in [-0.1, -0.05) is 19.3 Å². The van der Waals surface area contributed by atoms with Crippen molar-refractivity contribution in [1.82, 2.24) is 15.1 Å². The van der Waals surface area contributed by atoms with E-state index in [1.807, 2.05) is 11.8 Å². The average molecular weight is 297 g/mol. The zero-order valence-corrected chi connectivity index (χ0v) is 13.1. The fourth-order valence-corrected chi connectivity index (χ4v) is 3.48. The molecule has 2 rings (SSSR count). The van der Waals surface area contributed by atoms with Crippen molar-refractivity contribution in [3.8, 4) is 0 Å². The van der Waals surface area contributed by atoms with E-state index in [2.05, 4.69) is 22.3 Å². The van der Waals surface area contributed by atoms with Crippen molar-refractivity contribution in [1.29, 1.82) is 0 Å². The van der Waals surface area contributed by atoms with E-state index in [1.54, 1.807) is 0 Å². The fourth-order valence-electron chi connectivity index (χ4n) is 2.65. The number of hydrogen-bond acceptors (Lipinski definition) is 4. The Bertz CT molecular complexity index is 364. The van der Waals surface area contributed by atoms with Gasteiger partial charge in [-0.25, -0.2) is 0 Å². The number of nitrogens with zero attached hydrogens (tertiary/aromatic N) is 2. The first-order valence-corrected chi connectivity index (χ1v) is 8.99. The molecule has 0 atom stereocenters. The van der Waals surface area contributed by atoms with Crippen molar-refractivity contribution in [2.75, 3.05) is 24.7 Å². The quantitative estimate of drug-likeness (QED) is 0.688. The lowest BCUT2D eigenvalue weighted by Gasteiger charge is -2.21. The van der Waals surface area contributed by atoms with Crippen molar-refractivity contribution in [3.05, 3.63) is 18.0 Å². The number of aliphatic hydroxyl groups excluding tert-OH is 1. The molecule has 0 saturated heterocycles. The number of nitrogens with one attached hydrogen (secondary N) is 1. The zero-order chi connectivity index (χ0) is 14.0. The van der Waals surface area contributed by atoms with E-state index in [0.29, 0.717) is 12.6 Å². The van der Waals surface area contributed by atoms with Crippen LogP contribution in [-0.4, -0.2) is 39.5 Å². The van der Waals surface area contributed by atoms with Gasteiger partial charge in [0.15, 0.2) is 0 Å². The molecule has 1 heterocycles. The molecule has 1 saturated carbocycles. The van der Waals surface area contributed by atoms with Gasteiger partial charge in [-0.05, 0) is 31.1 Å². The largest absolute Gasteiger partial charge is 0.396 e. The average Bonchev–Trinajstić information content (AvgIpc) is 2.96. The predicted octanol–water partition coefficient (Wildman–Crippen LogP) is 2.59. The third-order valence-electron chi connectivity index (χ3n) is 3.79. The maximum atomic E-state index is 8.69. The smallest absolute Gasteiger partial charge is 0.0762 e. The molecule has 114 valence electrons. The summed E-state index contributed by atoms with van der Waals surface area (Å²) in [6.07, 6.45) is 9.71. The summed E-state index contributed by atoms with van der Waals surface area (Å²) >= 11 is 1.89. The van der Waals surface area contributed by atoms with Gasteiger partial charge in [0.1, 0.15) is 0 Å². The van der Waals surface area contributed by atoms with Gasteiger partial charge in [0.2, 0.25) is 0 Å². The SMILES string of the molecule is OCCCSCCNCc1ccn(C2CCCCC2)n1. The van der Waals surface area contributed by atoms with E-state index in [-0.39, 0.29) is 0 Å². The molecule has 20 heavy (non-hydrogen) atoms. The van der Waals surface area contributed by atoms with Crippen molar-refractivity contribution >= 4 is 11.8 Å². The molecule has 0 spiro atoms. The second-order valence-corrected chi connectivity index (χ2v) is 6.67. The van der Waals surface area contributed by atoms with Crippen molar-refractivity contribution in [3.63, 3.8) is 0 Å². The van der Waals surface area contributed by atoms with E-state index < -0.39 is 0 Å². The summed E-state index contributed by atoms with van der Waals surface area (Å²) in [5, 5.41) is 16.8. The summed E-state index contributed by atoms with van der Waals surface area (Å²) in [7, 11) is 0. The Labute approximate surface area is 126 Å². The van der Waals surface area contributed by atoms with Crippen molar-refractivity contribution < 1.29 is 5.11 Å². The lowest BCUT2D eigenvalue weighted by Crippen LogP contribution is -2.18. The molecule has 4 nitrogen and oxygen atoms in total. The lowest BCUT2D eigenvalue weighted by atomic mass is 9.96. The topological polar surface area (TPSA) is 50.1 Å². The van der Waals surface area contributed by atoms with Crippen LogP contribution in [0.15, 0.2) is 12.3 Å². The van der Waals surface area contributed by atoms with Crippen molar-refractivity contribution in [2.45, 2.75) is 51.1 Å². The number of thioether (sulfide) groups is 1. The lowest BCUT2D eigenvalue weighted by molar-refractivity contribution is 0.296. The highest BCUT2D eigenvalue weighted by Crippen LogP contribution is 2.27. The Morgan fingerprint density at radius 2 is 2.15 bits per heavy atom. The van der Waals surface area contributed by atoms with Gasteiger partial charge in [0.05, 0.1) is 11.7 Å². The van der Waals surface area contributed by atoms with Gasteiger partial charge in [-0.3, -0.25) is 4.68 Å². The van der Waals surface area contributed by atoms with Crippen LogP contribution < -0.4 is 5.32 Å². The summed E-state index contributed by atoms with van der Waals surface area (Å²) < 4.78 is 2.17. The number of rotatable bonds is 9. The van der Waals surface area contributed by atoms with E-state index in [9.17, 15) is 0 Å². The van der Waals surface area contributed by atoms with E-state index >= 15 is 0 Å². The third-order valence-corrected chi connectivity index (χ3v) is 4.86. The van der Waals surface area contributed by atoms with Crippen LogP contribution >= 0.6 is 11.8 Å². The first-order valence-electron chi connectivity index (χ1n) is 7.83. The molecule has 0 aliphatic heterocycles. The minimum Gasteiger partial charge on any atom is -0.396 e. The standard InChI is InChI=1S/C15H27N3OS/c19-10-4-11-20-12-8-16-13-14-7-9-18(17-14)15-5-2-1-3-6-15/h7,9,15-16,19H,1-6,8,10-13H2. The number of hydrogen-bond donors (Lipinski definition) is 2. The predicted molar refractivity (Wildman–Crippen MR) is 85.1 cm³/mol. The van der Waals surface area contributed by atoms with Gasteiger partial charge in [-0.15, -0.1) is 0 Å². The first-order chi connectivity index (χ1) is 9.90. The monoisotopic (exact) mass is 297 g/mol. The van der Waals surface area contributed by atoms with Crippen LogP contribution in [0.5, 0.6) is 0 Å². The molecule has 2 N–H and O–H groups in total. The van der Waals surface area contributed by atoms with E-state index in [0.717, 1.165) is 36.7 Å². The van der Waals surface area contributed by atoms with Crippen LogP contribution in [0.25, 0.3) is 0 Å². The second-order valence-electron chi connectivity index (χ2n) is 5.45. The molecule has 1 aliphatic rings. The molecule has 1 fully saturated rings. The summed E-state index contributed by atoms with van der Waals surface area (Å²) in [6.45, 7) is 2.17. The Balaban J connectivity index is 1.60. The minimum absolute atomic E-state index is 0.305. The van der Waals surface area contributed by atoms with Crippen molar-refractivity contribution in [2.24, 2.45) is 0 Å². The molecule has 0 aromatic carbocycles. The van der Waals surface area contributed by atoms with E-state index in [1.165, 1.54) is 32.1 Å². The van der Waals surface area contributed by atoms with Gasteiger partial charge >= 0.3 is 0 Å². The normalized spacial score (nSPS) is 16.6. The highest BCUT2D eigenvalue weighted by Gasteiger charge is 2.15. The molecule has 1 aromatic heterocycles. The minimum atomic E-state index is 0.305. The molecule has 0 amide bonds. The third kappa shape index (κ3) is 5.46. The fraction of sp³-hybridized carbons (Fsp3) is 0.800.